The summed E-state index contributed by atoms with van der Waals surface area (Å²) in [6, 6.07) is -0.719. The molecule has 0 bridgehead atoms. The van der Waals surface area contributed by atoms with Gasteiger partial charge in [-0.1, -0.05) is 0 Å². The van der Waals surface area contributed by atoms with E-state index in [4.69, 9.17) is 10.5 Å². The van der Waals surface area contributed by atoms with Crippen LogP contribution in [-0.2, 0) is 19.1 Å². The SMILES string of the molecule is CC(=O)OC1=CN2C(=O)C(N)[C@H]2SC1(C)C(=O)O. The Labute approximate surface area is 107 Å². The van der Waals surface area contributed by atoms with Crippen molar-refractivity contribution in [2.24, 2.45) is 5.73 Å². The Balaban J connectivity index is 2.38. The Morgan fingerprint density at radius 3 is 2.72 bits per heavy atom. The third-order valence-electron chi connectivity index (χ3n) is 2.87. The average molecular weight is 272 g/mol. The summed E-state index contributed by atoms with van der Waals surface area (Å²) in [7, 11) is 0. The molecule has 2 heterocycles. The number of β-lactam (4-membered cyclic amide) rings is 1. The Kier molecular flexibility index (Phi) is 2.86. The number of esters is 1. The van der Waals surface area contributed by atoms with E-state index in [0.29, 0.717) is 0 Å². The highest BCUT2D eigenvalue weighted by atomic mass is 32.2. The van der Waals surface area contributed by atoms with Gasteiger partial charge >= 0.3 is 11.9 Å². The lowest BCUT2D eigenvalue weighted by molar-refractivity contribution is -0.146. The summed E-state index contributed by atoms with van der Waals surface area (Å²) in [4.78, 5) is 35.1. The third kappa shape index (κ3) is 1.68. The summed E-state index contributed by atoms with van der Waals surface area (Å²) in [5.41, 5.74) is 5.60. The minimum atomic E-state index is -1.43. The number of rotatable bonds is 2. The molecule has 3 atom stereocenters. The van der Waals surface area contributed by atoms with Gasteiger partial charge in [0.05, 0.1) is 0 Å². The molecule has 2 aliphatic rings. The van der Waals surface area contributed by atoms with Crippen LogP contribution in [0.5, 0.6) is 0 Å². The molecule has 1 amide bonds. The lowest BCUT2D eigenvalue weighted by Crippen LogP contribution is -2.68. The molecular weight excluding hydrogens is 260 g/mol. The van der Waals surface area contributed by atoms with E-state index in [9.17, 15) is 19.5 Å². The van der Waals surface area contributed by atoms with Gasteiger partial charge in [-0.25, -0.2) is 0 Å². The number of fused-ring (bicyclic) bond motifs is 1. The Morgan fingerprint density at radius 2 is 2.22 bits per heavy atom. The summed E-state index contributed by atoms with van der Waals surface area (Å²) in [5.74, 6) is -2.16. The van der Waals surface area contributed by atoms with Crippen molar-refractivity contribution in [2.75, 3.05) is 0 Å². The molecule has 0 radical (unpaired) electrons. The molecule has 7 nitrogen and oxygen atoms in total. The lowest BCUT2D eigenvalue weighted by Gasteiger charge is -2.49. The van der Waals surface area contributed by atoms with Gasteiger partial charge in [0.15, 0.2) is 10.5 Å². The smallest absolute Gasteiger partial charge is 0.327 e. The number of carboxylic acids is 1. The molecule has 2 rings (SSSR count). The van der Waals surface area contributed by atoms with Crippen molar-refractivity contribution in [2.45, 2.75) is 30.0 Å². The van der Waals surface area contributed by atoms with Crippen LogP contribution in [0.1, 0.15) is 13.8 Å². The molecule has 0 saturated carbocycles. The van der Waals surface area contributed by atoms with Crippen molar-refractivity contribution in [1.29, 1.82) is 0 Å². The van der Waals surface area contributed by atoms with Gasteiger partial charge in [-0.2, -0.15) is 0 Å². The number of thioether (sulfide) groups is 1. The van der Waals surface area contributed by atoms with Gasteiger partial charge in [-0.15, -0.1) is 11.8 Å². The van der Waals surface area contributed by atoms with Crippen LogP contribution in [-0.4, -0.2) is 44.0 Å². The van der Waals surface area contributed by atoms with Crippen LogP contribution in [0.4, 0.5) is 0 Å². The van der Waals surface area contributed by atoms with Crippen molar-refractivity contribution in [3.05, 3.63) is 12.0 Å². The predicted octanol–water partition coefficient (Wildman–Crippen LogP) is -0.523. The number of carboxylic acid groups (broad SMARTS) is 1. The molecule has 1 saturated heterocycles. The molecule has 8 heteroatoms. The molecular formula is C10H12N2O5S. The van der Waals surface area contributed by atoms with Crippen LogP contribution in [0.15, 0.2) is 12.0 Å². The van der Waals surface area contributed by atoms with Gasteiger partial charge in [-0.05, 0) is 6.92 Å². The van der Waals surface area contributed by atoms with E-state index in [1.165, 1.54) is 24.9 Å². The normalized spacial score (nSPS) is 34.3. The number of amides is 1. The zero-order valence-electron chi connectivity index (χ0n) is 9.75. The number of aliphatic carboxylic acids is 1. The predicted molar refractivity (Wildman–Crippen MR) is 62.1 cm³/mol. The molecule has 98 valence electrons. The summed E-state index contributed by atoms with van der Waals surface area (Å²) in [6.07, 6.45) is 1.25. The van der Waals surface area contributed by atoms with E-state index in [1.807, 2.05) is 0 Å². The maximum Gasteiger partial charge on any atom is 0.327 e. The van der Waals surface area contributed by atoms with Gasteiger partial charge < -0.3 is 15.6 Å². The van der Waals surface area contributed by atoms with E-state index in [-0.39, 0.29) is 11.7 Å². The van der Waals surface area contributed by atoms with E-state index in [1.54, 1.807) is 0 Å². The lowest BCUT2D eigenvalue weighted by atomic mass is 10.1. The number of carbonyl (C=O) groups excluding carboxylic acids is 2. The van der Waals surface area contributed by atoms with Crippen LogP contribution in [0, 0.1) is 0 Å². The second-order valence-electron chi connectivity index (χ2n) is 4.21. The first kappa shape index (κ1) is 12.9. The van der Waals surface area contributed by atoms with Gasteiger partial charge in [0, 0.05) is 13.1 Å². The van der Waals surface area contributed by atoms with E-state index < -0.39 is 28.1 Å². The zero-order valence-corrected chi connectivity index (χ0v) is 10.6. The Morgan fingerprint density at radius 1 is 1.61 bits per heavy atom. The average Bonchev–Trinajstić information content (AvgIpc) is 2.29. The van der Waals surface area contributed by atoms with E-state index >= 15 is 0 Å². The van der Waals surface area contributed by atoms with Crippen molar-refractivity contribution < 1.29 is 24.2 Å². The van der Waals surface area contributed by atoms with Gasteiger partial charge in [0.1, 0.15) is 11.4 Å². The summed E-state index contributed by atoms with van der Waals surface area (Å²) < 4.78 is 3.46. The number of nitrogens with zero attached hydrogens (tertiary/aromatic N) is 1. The van der Waals surface area contributed by atoms with Crippen molar-refractivity contribution >= 4 is 29.6 Å². The molecule has 0 aromatic heterocycles. The fourth-order valence-electron chi connectivity index (χ4n) is 1.76. The first-order chi connectivity index (χ1) is 8.27. The number of nitrogens with two attached hydrogens (primary N) is 1. The third-order valence-corrected chi connectivity index (χ3v) is 4.47. The van der Waals surface area contributed by atoms with Gasteiger partial charge in [-0.3, -0.25) is 19.3 Å². The Hall–Kier alpha value is -1.54. The van der Waals surface area contributed by atoms with E-state index in [0.717, 1.165) is 11.8 Å². The summed E-state index contributed by atoms with van der Waals surface area (Å²) >= 11 is 0.989. The van der Waals surface area contributed by atoms with Gasteiger partial charge in [0.2, 0.25) is 5.91 Å². The second-order valence-corrected chi connectivity index (χ2v) is 5.74. The number of carbonyl (C=O) groups is 3. The molecule has 2 aliphatic heterocycles. The number of hydrogen-bond acceptors (Lipinski definition) is 6. The number of ether oxygens (including phenoxy) is 1. The molecule has 18 heavy (non-hydrogen) atoms. The standard InChI is InChI=1S/C10H12N2O5S/c1-4(13)17-5-3-12-7(14)6(11)8(12)18-10(5,2)9(15)16/h3,6,8H,11H2,1-2H3,(H,15,16)/t6?,8-,10?/m1/s1. The Bertz CT molecular complexity index is 477. The van der Waals surface area contributed by atoms with Crippen molar-refractivity contribution in [3.8, 4) is 0 Å². The highest BCUT2D eigenvalue weighted by Gasteiger charge is 2.56. The molecule has 1 fully saturated rings. The minimum absolute atomic E-state index is 0.0657. The highest BCUT2D eigenvalue weighted by Crippen LogP contribution is 2.47. The maximum atomic E-state index is 11.5. The summed E-state index contributed by atoms with van der Waals surface area (Å²) in [5, 5.41) is 8.83. The molecule has 2 unspecified atom stereocenters. The van der Waals surface area contributed by atoms with Crippen molar-refractivity contribution in [1.82, 2.24) is 4.90 Å². The van der Waals surface area contributed by atoms with Crippen LogP contribution in [0.2, 0.25) is 0 Å². The number of hydrogen-bond donors (Lipinski definition) is 2. The first-order valence-electron chi connectivity index (χ1n) is 5.17. The molecule has 0 aliphatic carbocycles. The zero-order chi connectivity index (χ0) is 13.7. The summed E-state index contributed by atoms with van der Waals surface area (Å²) in [6.45, 7) is 2.59. The minimum Gasteiger partial charge on any atom is -0.480 e. The van der Waals surface area contributed by atoms with Gasteiger partial charge in [0.25, 0.3) is 0 Å². The molecule has 0 aromatic rings. The van der Waals surface area contributed by atoms with E-state index in [2.05, 4.69) is 0 Å². The first-order valence-corrected chi connectivity index (χ1v) is 6.05. The van der Waals surface area contributed by atoms with Crippen LogP contribution in [0.3, 0.4) is 0 Å². The second kappa shape index (κ2) is 3.99. The fraction of sp³-hybridized carbons (Fsp3) is 0.500. The molecule has 0 aromatic carbocycles. The van der Waals surface area contributed by atoms with Crippen LogP contribution < -0.4 is 5.73 Å². The topological polar surface area (TPSA) is 110 Å². The largest absolute Gasteiger partial charge is 0.480 e. The quantitative estimate of drug-likeness (QED) is 0.514. The maximum absolute atomic E-state index is 11.5. The molecule has 0 spiro atoms. The van der Waals surface area contributed by atoms with Crippen LogP contribution >= 0.6 is 11.8 Å². The highest BCUT2D eigenvalue weighted by molar-refractivity contribution is 8.02. The molecule has 3 N–H and O–H groups in total. The van der Waals surface area contributed by atoms with Crippen LogP contribution in [0.25, 0.3) is 0 Å². The monoisotopic (exact) mass is 272 g/mol. The van der Waals surface area contributed by atoms with Crippen molar-refractivity contribution in [3.63, 3.8) is 0 Å². The fourth-order valence-corrected chi connectivity index (χ4v) is 3.10.